The minimum absolute atomic E-state index is 0.0170. The van der Waals surface area contributed by atoms with Gasteiger partial charge in [-0.2, -0.15) is 5.23 Å². The van der Waals surface area contributed by atoms with Crippen LogP contribution in [0.25, 0.3) is 11.0 Å². The predicted molar refractivity (Wildman–Crippen MR) is 105 cm³/mol. The summed E-state index contributed by atoms with van der Waals surface area (Å²) < 4.78 is 10.2. The van der Waals surface area contributed by atoms with Gasteiger partial charge >= 0.3 is 0 Å². The van der Waals surface area contributed by atoms with Crippen molar-refractivity contribution < 1.29 is 29.5 Å². The van der Waals surface area contributed by atoms with E-state index >= 15 is 0 Å². The zero-order valence-corrected chi connectivity index (χ0v) is 16.0. The Morgan fingerprint density at radius 2 is 1.97 bits per heavy atom. The number of H-pyrrole nitrogens is 1. The Kier molecular flexibility index (Phi) is 6.06. The van der Waals surface area contributed by atoms with Gasteiger partial charge in [-0.15, -0.1) is 0 Å². The van der Waals surface area contributed by atoms with E-state index in [0.717, 1.165) is 0 Å². The highest BCUT2D eigenvalue weighted by Gasteiger charge is 2.20. The van der Waals surface area contributed by atoms with Crippen molar-refractivity contribution >= 4 is 34.1 Å². The molecule has 1 unspecified atom stereocenters. The molecule has 0 radical (unpaired) electrons. The largest absolute Gasteiger partial charge is 0.595 e. The second kappa shape index (κ2) is 8.69. The number of hydrogen-bond donors (Lipinski definition) is 4. The Hall–Kier alpha value is -3.80. The summed E-state index contributed by atoms with van der Waals surface area (Å²) in [7, 11) is 2.88. The highest BCUT2D eigenvalue weighted by Crippen LogP contribution is 2.29. The van der Waals surface area contributed by atoms with Crippen molar-refractivity contribution in [3.8, 4) is 11.5 Å². The fourth-order valence-corrected chi connectivity index (χ4v) is 2.70. The van der Waals surface area contributed by atoms with E-state index in [1.165, 1.54) is 38.5 Å². The number of ether oxygens (including phenoxy) is 2. The van der Waals surface area contributed by atoms with Gasteiger partial charge in [0.25, 0.3) is 11.5 Å². The van der Waals surface area contributed by atoms with Crippen LogP contribution in [0.15, 0.2) is 41.2 Å². The van der Waals surface area contributed by atoms with E-state index in [1.807, 2.05) is 0 Å². The van der Waals surface area contributed by atoms with Crippen molar-refractivity contribution in [2.45, 2.75) is 6.42 Å². The number of methoxy groups -OCH3 is 2. The average molecular weight is 414 g/mol. The zero-order chi connectivity index (χ0) is 21.8. The monoisotopic (exact) mass is 414 g/mol. The highest BCUT2D eigenvalue weighted by molar-refractivity contribution is 6.41. The molecule has 0 saturated carbocycles. The molecule has 0 bridgehead atoms. The maximum atomic E-state index is 12.3. The number of aromatic nitrogens is 2. The van der Waals surface area contributed by atoms with Crippen molar-refractivity contribution in [2.75, 3.05) is 19.5 Å². The SMILES string of the molecule is COc1ccc(NC(=O)C(=O)Cc2nc3ccc([NH+]([O-])O)cc3[nH]c2=O)c(OC)c1. The van der Waals surface area contributed by atoms with E-state index in [4.69, 9.17) is 14.7 Å². The minimum atomic E-state index is -1.15. The quantitative estimate of drug-likeness (QED) is 0.313. The normalized spacial score (nSPS) is 11.7. The lowest BCUT2D eigenvalue weighted by Crippen LogP contribution is -2.99. The number of benzene rings is 2. The maximum Gasteiger partial charge on any atom is 0.292 e. The van der Waals surface area contributed by atoms with Crippen molar-refractivity contribution in [3.05, 3.63) is 57.7 Å². The summed E-state index contributed by atoms with van der Waals surface area (Å²) >= 11 is 0. The minimum Gasteiger partial charge on any atom is -0.595 e. The van der Waals surface area contributed by atoms with Crippen LogP contribution in [0, 0.1) is 5.21 Å². The first-order chi connectivity index (χ1) is 14.3. The van der Waals surface area contributed by atoms with Crippen molar-refractivity contribution in [2.24, 2.45) is 0 Å². The molecule has 2 aromatic carbocycles. The standard InChI is InChI=1S/C19H18N4O7/c1-29-11-4-6-13(17(8-11)30-2)21-19(26)16(24)9-15-18(25)22-14-7-10(23(27)28)3-5-12(14)20-15/h3-8,23,27H,9H2,1-2H3,(H,21,26)(H,22,25). The average Bonchev–Trinajstić information content (AvgIpc) is 2.73. The third-order valence-corrected chi connectivity index (χ3v) is 4.25. The van der Waals surface area contributed by atoms with E-state index in [-0.39, 0.29) is 22.6 Å². The molecule has 4 N–H and O–H groups in total. The molecule has 0 spiro atoms. The summed E-state index contributed by atoms with van der Waals surface area (Å²) in [6.07, 6.45) is -0.531. The summed E-state index contributed by atoms with van der Waals surface area (Å²) in [4.78, 5) is 43.4. The number of nitrogens with one attached hydrogen (secondary N) is 3. The molecule has 0 fully saturated rings. The lowest BCUT2D eigenvalue weighted by Gasteiger charge is -2.12. The second-order valence-corrected chi connectivity index (χ2v) is 6.17. The zero-order valence-electron chi connectivity index (χ0n) is 16.0. The number of fused-ring (bicyclic) bond motifs is 1. The van der Waals surface area contributed by atoms with Crippen LogP contribution in [-0.2, 0) is 16.0 Å². The van der Waals surface area contributed by atoms with E-state index in [0.29, 0.717) is 17.0 Å². The van der Waals surface area contributed by atoms with Crippen LogP contribution in [0.4, 0.5) is 11.4 Å². The summed E-state index contributed by atoms with van der Waals surface area (Å²) in [5.74, 6) is -1.02. The molecular formula is C19H18N4O7. The molecule has 3 rings (SSSR count). The lowest BCUT2D eigenvalue weighted by molar-refractivity contribution is -0.991. The molecule has 11 nitrogen and oxygen atoms in total. The Bertz CT molecular complexity index is 1170. The molecule has 0 aliphatic carbocycles. The third-order valence-electron chi connectivity index (χ3n) is 4.25. The van der Waals surface area contributed by atoms with E-state index in [2.05, 4.69) is 15.3 Å². The third kappa shape index (κ3) is 4.43. The number of anilines is 1. The van der Waals surface area contributed by atoms with Gasteiger partial charge in [0.05, 0.1) is 37.4 Å². The van der Waals surface area contributed by atoms with Gasteiger partial charge in [-0.05, 0) is 18.2 Å². The van der Waals surface area contributed by atoms with Crippen LogP contribution in [0.2, 0.25) is 0 Å². The van der Waals surface area contributed by atoms with Gasteiger partial charge in [0.1, 0.15) is 17.2 Å². The molecule has 0 aliphatic rings. The smallest absolute Gasteiger partial charge is 0.292 e. The number of carbonyl (C=O) groups is 2. The van der Waals surface area contributed by atoms with E-state index in [9.17, 15) is 19.6 Å². The number of hydrogen-bond acceptors (Lipinski definition) is 8. The van der Waals surface area contributed by atoms with Gasteiger partial charge in [0, 0.05) is 18.2 Å². The fourth-order valence-electron chi connectivity index (χ4n) is 2.70. The summed E-state index contributed by atoms with van der Waals surface area (Å²) in [6, 6.07) is 8.64. The molecule has 3 aromatic rings. The van der Waals surface area contributed by atoms with Crippen LogP contribution < -0.4 is 25.6 Å². The van der Waals surface area contributed by atoms with Crippen LogP contribution in [0.5, 0.6) is 11.5 Å². The Morgan fingerprint density at radius 3 is 2.63 bits per heavy atom. The molecule has 11 heteroatoms. The van der Waals surface area contributed by atoms with Crippen molar-refractivity contribution in [1.82, 2.24) is 9.97 Å². The number of quaternary nitrogens is 1. The first kappa shape index (κ1) is 20.9. The molecule has 1 amide bonds. The summed E-state index contributed by atoms with van der Waals surface area (Å²) in [5.41, 5.74) is -0.0985. The first-order valence-electron chi connectivity index (χ1n) is 8.65. The number of ketones is 1. The van der Waals surface area contributed by atoms with Gasteiger partial charge in [0.15, 0.2) is 5.69 Å². The number of Topliss-reactive ketones (excluding diaryl/α,β-unsaturated/α-hetero) is 1. The van der Waals surface area contributed by atoms with Crippen LogP contribution in [0.1, 0.15) is 5.69 Å². The molecule has 1 heterocycles. The first-order valence-corrected chi connectivity index (χ1v) is 8.65. The van der Waals surface area contributed by atoms with Crippen LogP contribution >= 0.6 is 0 Å². The Labute approximate surface area is 169 Å². The molecular weight excluding hydrogens is 396 g/mol. The number of rotatable bonds is 7. The number of nitrogens with zero attached hydrogens (tertiary/aromatic N) is 1. The Morgan fingerprint density at radius 1 is 1.20 bits per heavy atom. The molecule has 1 atom stereocenters. The van der Waals surface area contributed by atoms with Gasteiger partial charge in [0.2, 0.25) is 5.78 Å². The van der Waals surface area contributed by atoms with E-state index in [1.54, 1.807) is 12.1 Å². The highest BCUT2D eigenvalue weighted by atomic mass is 16.8. The second-order valence-electron chi connectivity index (χ2n) is 6.17. The lowest BCUT2D eigenvalue weighted by atomic mass is 10.2. The van der Waals surface area contributed by atoms with Gasteiger partial charge in [-0.1, -0.05) is 0 Å². The Balaban J connectivity index is 1.79. The topological polar surface area (TPSA) is 158 Å². The van der Waals surface area contributed by atoms with E-state index < -0.39 is 28.9 Å². The molecule has 0 saturated heterocycles. The van der Waals surface area contributed by atoms with Gasteiger partial charge in [-0.3, -0.25) is 14.4 Å². The molecule has 156 valence electrons. The van der Waals surface area contributed by atoms with Gasteiger partial charge < -0.3 is 25.0 Å². The van der Waals surface area contributed by atoms with Crippen LogP contribution in [-0.4, -0.2) is 41.1 Å². The van der Waals surface area contributed by atoms with Crippen LogP contribution in [0.3, 0.4) is 0 Å². The fraction of sp³-hybridized carbons (Fsp3) is 0.158. The summed E-state index contributed by atoms with van der Waals surface area (Å²) in [6.45, 7) is 0. The molecule has 30 heavy (non-hydrogen) atoms. The van der Waals surface area contributed by atoms with Crippen molar-refractivity contribution in [1.29, 1.82) is 0 Å². The summed E-state index contributed by atoms with van der Waals surface area (Å²) in [5, 5.41) is 21.3. The number of aromatic amines is 1. The predicted octanol–water partition coefficient (Wildman–Crippen LogP) is 0.0940. The number of amides is 1. The van der Waals surface area contributed by atoms with Crippen molar-refractivity contribution in [3.63, 3.8) is 0 Å². The molecule has 1 aromatic heterocycles. The molecule has 0 aliphatic heterocycles. The number of carbonyl (C=O) groups excluding carboxylic acids is 2. The van der Waals surface area contributed by atoms with Gasteiger partial charge in [-0.25, -0.2) is 10.2 Å². The maximum absolute atomic E-state index is 12.3.